The molecule has 0 fully saturated rings. The predicted octanol–water partition coefficient (Wildman–Crippen LogP) is 5.01. The molecule has 2 aromatic rings. The first-order valence-electron chi connectivity index (χ1n) is 11.2. The van der Waals surface area contributed by atoms with E-state index in [4.69, 9.17) is 23.7 Å². The molecule has 0 aliphatic rings. The zero-order chi connectivity index (χ0) is 24.3. The van der Waals surface area contributed by atoms with Crippen molar-refractivity contribution in [2.45, 2.75) is 32.1 Å². The van der Waals surface area contributed by atoms with Gasteiger partial charge in [-0.15, -0.1) is 12.4 Å². The van der Waals surface area contributed by atoms with Crippen LogP contribution in [-0.2, 0) is 5.41 Å². The number of rotatable bonds is 14. The van der Waals surface area contributed by atoms with E-state index in [2.05, 4.69) is 25.2 Å². The molecule has 2 rings (SSSR count). The van der Waals surface area contributed by atoms with Crippen molar-refractivity contribution in [1.82, 2.24) is 5.32 Å². The number of benzene rings is 2. The maximum absolute atomic E-state index is 10.2. The standard InChI is InChI=1S/C26H36N2O5.ClH/c1-19(2)26(18-27,20-16-23(30-4)25(32-6)24(17-20)31-5)12-14-28-13-9-15-33-22-11-8-7-10-21(22)29-3;/h7-8,10-11,16-17,19,28H,9,12-15H2,1-6H3;1H. The summed E-state index contributed by atoms with van der Waals surface area (Å²) in [4.78, 5) is 0. The van der Waals surface area contributed by atoms with E-state index in [1.807, 2.05) is 36.4 Å². The topological polar surface area (TPSA) is 82.0 Å². The lowest BCUT2D eigenvalue weighted by molar-refractivity contribution is 0.285. The van der Waals surface area contributed by atoms with Gasteiger partial charge in [-0.1, -0.05) is 26.0 Å². The minimum absolute atomic E-state index is 0. The van der Waals surface area contributed by atoms with Crippen LogP contribution in [0.25, 0.3) is 0 Å². The third-order valence-corrected chi connectivity index (χ3v) is 5.89. The van der Waals surface area contributed by atoms with Crippen LogP contribution in [0.1, 0.15) is 32.3 Å². The SMILES string of the molecule is COc1ccccc1OCCCNCCC(C#N)(c1cc(OC)c(OC)c(OC)c1)C(C)C.Cl. The van der Waals surface area contributed by atoms with Crippen LogP contribution in [0.2, 0.25) is 0 Å². The molecule has 1 unspecified atom stereocenters. The van der Waals surface area contributed by atoms with Crippen LogP contribution in [0.15, 0.2) is 36.4 Å². The Hall–Kier alpha value is -2.82. The fourth-order valence-electron chi connectivity index (χ4n) is 3.88. The molecule has 188 valence electrons. The Kier molecular flexibility index (Phi) is 12.4. The molecule has 0 aliphatic carbocycles. The Labute approximate surface area is 209 Å². The normalized spacial score (nSPS) is 12.2. The molecular formula is C26H37ClN2O5. The van der Waals surface area contributed by atoms with Crippen molar-refractivity contribution in [2.24, 2.45) is 5.92 Å². The summed E-state index contributed by atoms with van der Waals surface area (Å²) in [6.07, 6.45) is 1.48. The van der Waals surface area contributed by atoms with Crippen molar-refractivity contribution >= 4 is 12.4 Å². The summed E-state index contributed by atoms with van der Waals surface area (Å²) in [6, 6.07) is 14.0. The molecule has 34 heavy (non-hydrogen) atoms. The number of nitrogens with zero attached hydrogens (tertiary/aromatic N) is 1. The van der Waals surface area contributed by atoms with E-state index in [1.54, 1.807) is 28.4 Å². The number of hydrogen-bond donors (Lipinski definition) is 1. The molecule has 0 saturated heterocycles. The lowest BCUT2D eigenvalue weighted by atomic mass is 9.70. The van der Waals surface area contributed by atoms with Gasteiger partial charge in [-0.05, 0) is 61.7 Å². The number of ether oxygens (including phenoxy) is 5. The molecule has 7 nitrogen and oxygen atoms in total. The van der Waals surface area contributed by atoms with E-state index >= 15 is 0 Å². The van der Waals surface area contributed by atoms with Crippen LogP contribution >= 0.6 is 12.4 Å². The summed E-state index contributed by atoms with van der Waals surface area (Å²) < 4.78 is 27.6. The van der Waals surface area contributed by atoms with Gasteiger partial charge in [0.2, 0.25) is 5.75 Å². The smallest absolute Gasteiger partial charge is 0.203 e. The molecule has 0 aliphatic heterocycles. The van der Waals surface area contributed by atoms with E-state index in [0.29, 0.717) is 36.8 Å². The molecule has 1 atom stereocenters. The Morgan fingerprint density at radius 2 is 1.47 bits per heavy atom. The molecule has 0 bridgehead atoms. The van der Waals surface area contributed by atoms with Gasteiger partial charge >= 0.3 is 0 Å². The van der Waals surface area contributed by atoms with Crippen LogP contribution in [-0.4, -0.2) is 48.1 Å². The van der Waals surface area contributed by atoms with E-state index in [9.17, 15) is 5.26 Å². The summed E-state index contributed by atoms with van der Waals surface area (Å²) in [5.74, 6) is 3.17. The number of methoxy groups -OCH3 is 4. The number of para-hydroxylation sites is 2. The summed E-state index contributed by atoms with van der Waals surface area (Å²) >= 11 is 0. The minimum Gasteiger partial charge on any atom is -0.493 e. The fraction of sp³-hybridized carbons (Fsp3) is 0.500. The van der Waals surface area contributed by atoms with Gasteiger partial charge in [0, 0.05) is 0 Å². The van der Waals surface area contributed by atoms with E-state index in [1.165, 1.54) is 0 Å². The number of nitrogens with one attached hydrogen (secondary N) is 1. The average molecular weight is 493 g/mol. The Morgan fingerprint density at radius 1 is 0.882 bits per heavy atom. The second-order valence-corrected chi connectivity index (χ2v) is 8.00. The highest BCUT2D eigenvalue weighted by Gasteiger charge is 2.37. The van der Waals surface area contributed by atoms with Crippen LogP contribution in [0.5, 0.6) is 28.7 Å². The fourth-order valence-corrected chi connectivity index (χ4v) is 3.88. The Balaban J connectivity index is 0.00000578. The van der Waals surface area contributed by atoms with Gasteiger partial charge in [-0.2, -0.15) is 5.26 Å². The molecule has 0 aromatic heterocycles. The maximum atomic E-state index is 10.2. The highest BCUT2D eigenvalue weighted by molar-refractivity contribution is 5.85. The van der Waals surface area contributed by atoms with Crippen molar-refractivity contribution in [3.05, 3.63) is 42.0 Å². The summed E-state index contributed by atoms with van der Waals surface area (Å²) in [5.41, 5.74) is 0.157. The molecule has 0 saturated carbocycles. The first-order chi connectivity index (χ1) is 16.0. The third-order valence-electron chi connectivity index (χ3n) is 5.89. The number of hydrogen-bond acceptors (Lipinski definition) is 7. The molecular weight excluding hydrogens is 456 g/mol. The van der Waals surface area contributed by atoms with Gasteiger partial charge in [0.25, 0.3) is 0 Å². The Bertz CT molecular complexity index is 907. The average Bonchev–Trinajstić information content (AvgIpc) is 2.84. The second-order valence-electron chi connectivity index (χ2n) is 8.00. The van der Waals surface area contributed by atoms with Crippen molar-refractivity contribution in [2.75, 3.05) is 48.1 Å². The highest BCUT2D eigenvalue weighted by atomic mass is 35.5. The van der Waals surface area contributed by atoms with Crippen LogP contribution in [0.3, 0.4) is 0 Å². The lowest BCUT2D eigenvalue weighted by Gasteiger charge is -2.32. The zero-order valence-electron chi connectivity index (χ0n) is 21.0. The third kappa shape index (κ3) is 6.85. The highest BCUT2D eigenvalue weighted by Crippen LogP contribution is 2.44. The molecule has 0 heterocycles. The van der Waals surface area contributed by atoms with E-state index in [-0.39, 0.29) is 18.3 Å². The predicted molar refractivity (Wildman–Crippen MR) is 136 cm³/mol. The number of halogens is 1. The largest absolute Gasteiger partial charge is 0.493 e. The molecule has 0 radical (unpaired) electrons. The first kappa shape index (κ1) is 29.2. The summed E-state index contributed by atoms with van der Waals surface area (Å²) in [7, 11) is 6.37. The van der Waals surface area contributed by atoms with Crippen molar-refractivity contribution < 1.29 is 23.7 Å². The molecule has 1 N–H and O–H groups in total. The lowest BCUT2D eigenvalue weighted by Crippen LogP contribution is -2.35. The van der Waals surface area contributed by atoms with Gasteiger partial charge in [-0.3, -0.25) is 0 Å². The minimum atomic E-state index is -0.701. The van der Waals surface area contributed by atoms with Crippen molar-refractivity contribution in [3.63, 3.8) is 0 Å². The maximum Gasteiger partial charge on any atom is 0.203 e. The molecule has 2 aromatic carbocycles. The summed E-state index contributed by atoms with van der Waals surface area (Å²) in [6.45, 7) is 6.18. The summed E-state index contributed by atoms with van der Waals surface area (Å²) in [5, 5.41) is 13.7. The first-order valence-corrected chi connectivity index (χ1v) is 11.2. The van der Waals surface area contributed by atoms with E-state index < -0.39 is 5.41 Å². The van der Waals surface area contributed by atoms with Gasteiger partial charge in [0.15, 0.2) is 23.0 Å². The van der Waals surface area contributed by atoms with Crippen LogP contribution in [0.4, 0.5) is 0 Å². The Morgan fingerprint density at radius 3 is 1.97 bits per heavy atom. The molecule has 0 spiro atoms. The van der Waals surface area contributed by atoms with Gasteiger partial charge < -0.3 is 29.0 Å². The molecule has 8 heteroatoms. The monoisotopic (exact) mass is 492 g/mol. The van der Waals surface area contributed by atoms with Gasteiger partial charge in [0.05, 0.1) is 46.5 Å². The van der Waals surface area contributed by atoms with Crippen molar-refractivity contribution in [3.8, 4) is 34.8 Å². The molecule has 0 amide bonds. The van der Waals surface area contributed by atoms with Crippen molar-refractivity contribution in [1.29, 1.82) is 5.26 Å². The second kappa shape index (κ2) is 14.4. The van der Waals surface area contributed by atoms with Crippen LogP contribution in [0, 0.1) is 17.2 Å². The van der Waals surface area contributed by atoms with Gasteiger partial charge in [0.1, 0.15) is 0 Å². The van der Waals surface area contributed by atoms with E-state index in [0.717, 1.165) is 30.0 Å². The quantitative estimate of drug-likeness (QED) is 0.371. The number of nitriles is 1. The van der Waals surface area contributed by atoms with Gasteiger partial charge in [-0.25, -0.2) is 0 Å². The van der Waals surface area contributed by atoms with Crippen LogP contribution < -0.4 is 29.0 Å². The zero-order valence-corrected chi connectivity index (χ0v) is 21.8.